The summed E-state index contributed by atoms with van der Waals surface area (Å²) in [5.74, 6) is 1.10. The van der Waals surface area contributed by atoms with E-state index in [1.54, 1.807) is 0 Å². The van der Waals surface area contributed by atoms with Crippen LogP contribution in [0.15, 0.2) is 18.2 Å². The Morgan fingerprint density at radius 1 is 1.07 bits per heavy atom. The van der Waals surface area contributed by atoms with Crippen LogP contribution in [0, 0.1) is 0 Å². The van der Waals surface area contributed by atoms with Crippen LogP contribution < -0.4 is 4.74 Å². The summed E-state index contributed by atoms with van der Waals surface area (Å²) in [4.78, 5) is 0. The van der Waals surface area contributed by atoms with Crippen LogP contribution >= 0.6 is 0 Å². The Bertz CT molecular complexity index is 347. The molecule has 1 nitrogen and oxygen atoms in total. The summed E-state index contributed by atoms with van der Waals surface area (Å²) in [6.07, 6.45) is 5.03. The fraction of sp³-hybridized carbons (Fsp3) is 0.571. The largest absolute Gasteiger partial charge is 0.488 e. The monoisotopic (exact) mass is 204 g/mol. The number of rotatable bonds is 1. The fourth-order valence-electron chi connectivity index (χ4n) is 2.17. The van der Waals surface area contributed by atoms with Gasteiger partial charge in [0.05, 0.1) is 0 Å². The second-order valence-electron chi connectivity index (χ2n) is 5.32. The van der Waals surface area contributed by atoms with Crippen LogP contribution in [0.2, 0.25) is 0 Å². The Morgan fingerprint density at radius 3 is 2.53 bits per heavy atom. The molecular formula is C14H20O. The van der Waals surface area contributed by atoms with Crippen molar-refractivity contribution in [3.8, 4) is 5.75 Å². The van der Waals surface area contributed by atoms with Crippen molar-refractivity contribution in [1.82, 2.24) is 0 Å². The SMILES string of the molecule is CC(C)(C)Oc1cccc2c1CCCC2. The highest BCUT2D eigenvalue weighted by Gasteiger charge is 2.18. The van der Waals surface area contributed by atoms with Gasteiger partial charge in [-0.2, -0.15) is 0 Å². The Kier molecular flexibility index (Phi) is 2.72. The predicted octanol–water partition coefficient (Wildman–Crippen LogP) is 3.74. The molecule has 0 unspecified atom stereocenters. The third kappa shape index (κ3) is 2.53. The first kappa shape index (κ1) is 10.5. The van der Waals surface area contributed by atoms with E-state index in [9.17, 15) is 0 Å². The zero-order valence-electron chi connectivity index (χ0n) is 9.97. The molecule has 1 aliphatic rings. The predicted molar refractivity (Wildman–Crippen MR) is 63.5 cm³/mol. The first-order valence-corrected chi connectivity index (χ1v) is 5.86. The number of fused-ring (bicyclic) bond motifs is 1. The number of ether oxygens (including phenoxy) is 1. The Morgan fingerprint density at radius 2 is 1.80 bits per heavy atom. The summed E-state index contributed by atoms with van der Waals surface area (Å²) >= 11 is 0. The summed E-state index contributed by atoms with van der Waals surface area (Å²) in [5, 5.41) is 0. The molecule has 0 N–H and O–H groups in total. The summed E-state index contributed by atoms with van der Waals surface area (Å²) in [6, 6.07) is 6.46. The maximum atomic E-state index is 6.00. The molecule has 82 valence electrons. The van der Waals surface area contributed by atoms with E-state index in [0.717, 1.165) is 5.75 Å². The smallest absolute Gasteiger partial charge is 0.123 e. The molecule has 0 amide bonds. The number of benzene rings is 1. The molecule has 1 aliphatic carbocycles. The molecule has 0 bridgehead atoms. The minimum absolute atomic E-state index is 0.0907. The maximum absolute atomic E-state index is 6.00. The van der Waals surface area contributed by atoms with E-state index in [-0.39, 0.29) is 5.60 Å². The van der Waals surface area contributed by atoms with E-state index in [4.69, 9.17) is 4.74 Å². The highest BCUT2D eigenvalue weighted by molar-refractivity contribution is 5.42. The molecular weight excluding hydrogens is 184 g/mol. The van der Waals surface area contributed by atoms with Crippen molar-refractivity contribution in [2.75, 3.05) is 0 Å². The molecule has 2 rings (SSSR count). The zero-order chi connectivity index (χ0) is 10.9. The highest BCUT2D eigenvalue weighted by Crippen LogP contribution is 2.31. The van der Waals surface area contributed by atoms with Crippen molar-refractivity contribution in [2.24, 2.45) is 0 Å². The summed E-state index contributed by atoms with van der Waals surface area (Å²) in [5.41, 5.74) is 2.84. The lowest BCUT2D eigenvalue weighted by molar-refractivity contribution is 0.129. The molecule has 0 atom stereocenters. The van der Waals surface area contributed by atoms with E-state index >= 15 is 0 Å². The van der Waals surface area contributed by atoms with Crippen molar-refractivity contribution >= 4 is 0 Å². The molecule has 0 heterocycles. The van der Waals surface area contributed by atoms with Gasteiger partial charge in [0, 0.05) is 0 Å². The summed E-state index contributed by atoms with van der Waals surface area (Å²) < 4.78 is 6.00. The van der Waals surface area contributed by atoms with Crippen molar-refractivity contribution in [1.29, 1.82) is 0 Å². The van der Waals surface area contributed by atoms with Gasteiger partial charge in [-0.05, 0) is 63.6 Å². The van der Waals surface area contributed by atoms with Gasteiger partial charge in [0.1, 0.15) is 11.4 Å². The number of hydrogen-bond acceptors (Lipinski definition) is 1. The van der Waals surface area contributed by atoms with Crippen molar-refractivity contribution in [3.05, 3.63) is 29.3 Å². The quantitative estimate of drug-likeness (QED) is 0.677. The van der Waals surface area contributed by atoms with Gasteiger partial charge in [-0.1, -0.05) is 12.1 Å². The third-order valence-electron chi connectivity index (χ3n) is 2.77. The second-order valence-corrected chi connectivity index (χ2v) is 5.32. The van der Waals surface area contributed by atoms with Crippen molar-refractivity contribution in [3.63, 3.8) is 0 Å². The molecule has 0 fully saturated rings. The first-order chi connectivity index (χ1) is 7.06. The molecule has 0 saturated heterocycles. The average molecular weight is 204 g/mol. The van der Waals surface area contributed by atoms with Crippen molar-refractivity contribution in [2.45, 2.75) is 52.1 Å². The molecule has 0 aromatic heterocycles. The summed E-state index contributed by atoms with van der Waals surface area (Å²) in [7, 11) is 0. The van der Waals surface area contributed by atoms with E-state index in [1.807, 2.05) is 0 Å². The van der Waals surface area contributed by atoms with Gasteiger partial charge < -0.3 is 4.74 Å². The van der Waals surface area contributed by atoms with Gasteiger partial charge in [-0.25, -0.2) is 0 Å². The molecule has 0 radical (unpaired) electrons. The molecule has 1 heteroatoms. The van der Waals surface area contributed by atoms with Gasteiger partial charge >= 0.3 is 0 Å². The molecule has 1 aromatic rings. The number of hydrogen-bond donors (Lipinski definition) is 0. The lowest BCUT2D eigenvalue weighted by Crippen LogP contribution is -2.24. The summed E-state index contributed by atoms with van der Waals surface area (Å²) in [6.45, 7) is 6.32. The molecule has 1 aromatic carbocycles. The van der Waals surface area contributed by atoms with Crippen molar-refractivity contribution < 1.29 is 4.74 Å². The second kappa shape index (κ2) is 3.88. The van der Waals surface area contributed by atoms with Crippen LogP contribution in [0.25, 0.3) is 0 Å². The van der Waals surface area contributed by atoms with Crippen LogP contribution in [0.1, 0.15) is 44.7 Å². The van der Waals surface area contributed by atoms with Gasteiger partial charge in [-0.3, -0.25) is 0 Å². The topological polar surface area (TPSA) is 9.23 Å². The Balaban J connectivity index is 2.31. The number of aryl methyl sites for hydroxylation is 1. The standard InChI is InChI=1S/C14H20O/c1-14(2,3)15-13-10-6-8-11-7-4-5-9-12(11)13/h6,8,10H,4-5,7,9H2,1-3H3. The Labute approximate surface area is 92.5 Å². The van der Waals surface area contributed by atoms with Gasteiger partial charge in [0.25, 0.3) is 0 Å². The molecule has 15 heavy (non-hydrogen) atoms. The van der Waals surface area contributed by atoms with Crippen LogP contribution in [-0.2, 0) is 12.8 Å². The fourth-order valence-corrected chi connectivity index (χ4v) is 2.17. The van der Waals surface area contributed by atoms with E-state index in [0.29, 0.717) is 0 Å². The average Bonchev–Trinajstić information content (AvgIpc) is 2.16. The van der Waals surface area contributed by atoms with Crippen LogP contribution in [-0.4, -0.2) is 5.60 Å². The highest BCUT2D eigenvalue weighted by atomic mass is 16.5. The minimum Gasteiger partial charge on any atom is -0.488 e. The van der Waals surface area contributed by atoms with Gasteiger partial charge in [-0.15, -0.1) is 0 Å². The third-order valence-corrected chi connectivity index (χ3v) is 2.77. The molecule has 0 spiro atoms. The normalized spacial score (nSPS) is 15.9. The first-order valence-electron chi connectivity index (χ1n) is 5.86. The lowest BCUT2D eigenvalue weighted by atomic mass is 9.91. The van der Waals surface area contributed by atoms with Gasteiger partial charge in [0.15, 0.2) is 0 Å². The Hall–Kier alpha value is -0.980. The zero-order valence-corrected chi connectivity index (χ0v) is 9.97. The van der Waals surface area contributed by atoms with E-state index < -0.39 is 0 Å². The minimum atomic E-state index is -0.0907. The van der Waals surface area contributed by atoms with Crippen LogP contribution in [0.5, 0.6) is 5.75 Å². The molecule has 0 saturated carbocycles. The van der Waals surface area contributed by atoms with Crippen LogP contribution in [0.4, 0.5) is 0 Å². The maximum Gasteiger partial charge on any atom is 0.123 e. The van der Waals surface area contributed by atoms with Gasteiger partial charge in [0.2, 0.25) is 0 Å². The lowest BCUT2D eigenvalue weighted by Gasteiger charge is -2.26. The molecule has 0 aliphatic heterocycles. The van der Waals surface area contributed by atoms with Crippen LogP contribution in [0.3, 0.4) is 0 Å². The van der Waals surface area contributed by atoms with E-state index in [2.05, 4.69) is 39.0 Å². The van der Waals surface area contributed by atoms with E-state index in [1.165, 1.54) is 36.8 Å².